The third kappa shape index (κ3) is 6.02. The molecule has 5 rings (SSSR count). The van der Waals surface area contributed by atoms with E-state index in [1.54, 1.807) is 0 Å². The number of nitrogens with two attached hydrogens (primary N) is 2. The first kappa shape index (κ1) is 27.7. The number of carboxylic acids is 1. The van der Waals surface area contributed by atoms with Crippen molar-refractivity contribution >= 4 is 17.9 Å². The molecule has 0 amide bonds. The van der Waals surface area contributed by atoms with E-state index in [0.29, 0.717) is 5.12 Å². The third-order valence-corrected chi connectivity index (χ3v) is 7.18. The summed E-state index contributed by atoms with van der Waals surface area (Å²) >= 11 is 0. The number of benzene rings is 4. The van der Waals surface area contributed by atoms with Crippen LogP contribution in [0, 0.1) is 0 Å². The molecule has 0 aromatic heterocycles. The van der Waals surface area contributed by atoms with Gasteiger partial charge in [-0.1, -0.05) is 78.9 Å². The van der Waals surface area contributed by atoms with E-state index in [9.17, 15) is 19.5 Å². The summed E-state index contributed by atoms with van der Waals surface area (Å²) in [5, 5.41) is 10.2. The van der Waals surface area contributed by atoms with Crippen molar-refractivity contribution in [2.75, 3.05) is 0 Å². The maximum absolute atomic E-state index is 13.4. The van der Waals surface area contributed by atoms with Gasteiger partial charge in [0.25, 0.3) is 0 Å². The van der Waals surface area contributed by atoms with Crippen LogP contribution in [0.5, 0.6) is 0 Å². The van der Waals surface area contributed by atoms with Gasteiger partial charge in [0.15, 0.2) is 0 Å². The summed E-state index contributed by atoms with van der Waals surface area (Å²) in [6.45, 7) is -0.00205. The SMILES string of the molecule is NN(N)[C@@H](Cc1c(C(=O)OCc2ccccc2)cccc1C(=O)OCc1cccc2c1Cc1ccccc1-2)C(=O)O. The minimum Gasteiger partial charge on any atom is -0.480 e. The van der Waals surface area contributed by atoms with Crippen LogP contribution in [0.4, 0.5) is 0 Å². The van der Waals surface area contributed by atoms with Gasteiger partial charge in [-0.15, -0.1) is 0 Å². The molecule has 9 heteroatoms. The van der Waals surface area contributed by atoms with Crippen molar-refractivity contribution in [2.45, 2.75) is 32.1 Å². The van der Waals surface area contributed by atoms with Gasteiger partial charge in [0, 0.05) is 6.42 Å². The van der Waals surface area contributed by atoms with Crippen molar-refractivity contribution in [3.05, 3.63) is 130 Å². The number of hydrogen-bond acceptors (Lipinski definition) is 8. The molecule has 0 radical (unpaired) electrons. The Balaban J connectivity index is 1.41. The molecule has 0 saturated heterocycles. The summed E-state index contributed by atoms with van der Waals surface area (Å²) in [4.78, 5) is 38.5. The van der Waals surface area contributed by atoms with Crippen LogP contribution in [0.25, 0.3) is 11.1 Å². The monoisotopic (exact) mass is 551 g/mol. The van der Waals surface area contributed by atoms with Gasteiger partial charge in [0.05, 0.1) is 11.1 Å². The second kappa shape index (κ2) is 12.1. The predicted molar refractivity (Wildman–Crippen MR) is 151 cm³/mol. The minimum atomic E-state index is -1.42. The van der Waals surface area contributed by atoms with Gasteiger partial charge in [-0.2, -0.15) is 5.12 Å². The summed E-state index contributed by atoms with van der Waals surface area (Å²) < 4.78 is 11.2. The van der Waals surface area contributed by atoms with Crippen molar-refractivity contribution in [2.24, 2.45) is 11.7 Å². The largest absolute Gasteiger partial charge is 0.480 e. The maximum atomic E-state index is 13.4. The lowest BCUT2D eigenvalue weighted by Gasteiger charge is -2.22. The van der Waals surface area contributed by atoms with Gasteiger partial charge < -0.3 is 14.6 Å². The Hall–Kier alpha value is -4.83. The van der Waals surface area contributed by atoms with Gasteiger partial charge in [0.1, 0.15) is 19.3 Å². The number of aliphatic carboxylic acids is 1. The lowest BCUT2D eigenvalue weighted by atomic mass is 9.94. The van der Waals surface area contributed by atoms with Crippen LogP contribution in [0.2, 0.25) is 0 Å². The highest BCUT2D eigenvalue weighted by Crippen LogP contribution is 2.38. The zero-order valence-electron chi connectivity index (χ0n) is 22.2. The van der Waals surface area contributed by atoms with Gasteiger partial charge in [-0.3, -0.25) is 16.5 Å². The van der Waals surface area contributed by atoms with E-state index in [4.69, 9.17) is 21.2 Å². The second-order valence-corrected chi connectivity index (χ2v) is 9.75. The first-order chi connectivity index (χ1) is 19.8. The lowest BCUT2D eigenvalue weighted by Crippen LogP contribution is -2.52. The first-order valence-electron chi connectivity index (χ1n) is 13.0. The maximum Gasteiger partial charge on any atom is 0.338 e. The molecule has 1 atom stereocenters. The van der Waals surface area contributed by atoms with Crippen molar-refractivity contribution in [3.8, 4) is 11.1 Å². The van der Waals surface area contributed by atoms with Crippen LogP contribution in [-0.2, 0) is 40.3 Å². The van der Waals surface area contributed by atoms with Gasteiger partial charge in [-0.05, 0) is 57.5 Å². The number of carboxylic acid groups (broad SMARTS) is 1. The summed E-state index contributed by atoms with van der Waals surface area (Å²) in [6.07, 6.45) is 0.399. The molecule has 208 valence electrons. The molecule has 0 saturated carbocycles. The molecule has 0 spiro atoms. The zero-order chi connectivity index (χ0) is 28.9. The summed E-state index contributed by atoms with van der Waals surface area (Å²) in [7, 11) is 0. The zero-order valence-corrected chi connectivity index (χ0v) is 22.2. The molecule has 4 aromatic carbocycles. The summed E-state index contributed by atoms with van der Waals surface area (Å²) in [5.74, 6) is 8.44. The number of nitrogens with zero attached hydrogens (tertiary/aromatic N) is 1. The van der Waals surface area contributed by atoms with Crippen LogP contribution >= 0.6 is 0 Å². The average molecular weight is 552 g/mol. The van der Waals surface area contributed by atoms with Crippen LogP contribution in [0.1, 0.15) is 48.5 Å². The highest BCUT2D eigenvalue weighted by molar-refractivity contribution is 5.98. The smallest absolute Gasteiger partial charge is 0.338 e. The molecule has 9 nitrogen and oxygen atoms in total. The number of carbonyl (C=O) groups excluding carboxylic acids is 2. The molecule has 0 fully saturated rings. The standard InChI is InChI=1S/C32H29N3O6/c33-35(34)29(30(36)37)17-28-25(31(38)40-18-20-8-2-1-3-9-20)14-7-15-26(28)32(39)41-19-22-11-6-13-24-23-12-5-4-10-21(23)16-27(22)24/h1-15,29H,16-19,33-34H2,(H,36,37)/t29-/m0/s1. The van der Waals surface area contributed by atoms with Gasteiger partial charge in [-0.25, -0.2) is 9.59 Å². The lowest BCUT2D eigenvalue weighted by molar-refractivity contribution is -0.143. The quantitative estimate of drug-likeness (QED) is 0.133. The van der Waals surface area contributed by atoms with E-state index >= 15 is 0 Å². The van der Waals surface area contributed by atoms with E-state index in [0.717, 1.165) is 34.2 Å². The molecule has 4 aromatic rings. The van der Waals surface area contributed by atoms with E-state index in [1.165, 1.54) is 23.8 Å². The van der Waals surface area contributed by atoms with Crippen LogP contribution in [0.15, 0.2) is 91.0 Å². The Morgan fingerprint density at radius 3 is 2.05 bits per heavy atom. The van der Waals surface area contributed by atoms with Gasteiger partial charge >= 0.3 is 17.9 Å². The number of carbonyl (C=O) groups is 3. The normalized spacial score (nSPS) is 12.4. The fourth-order valence-corrected chi connectivity index (χ4v) is 5.08. The Bertz CT molecular complexity index is 1600. The number of hydrogen-bond donors (Lipinski definition) is 3. The van der Waals surface area contributed by atoms with Crippen molar-refractivity contribution in [1.29, 1.82) is 0 Å². The molecule has 1 aliphatic rings. The summed E-state index contributed by atoms with van der Waals surface area (Å²) in [6, 6.07) is 26.2. The highest BCUT2D eigenvalue weighted by atomic mass is 16.5. The fraction of sp³-hybridized carbons (Fsp3) is 0.156. The number of ether oxygens (including phenoxy) is 2. The van der Waals surface area contributed by atoms with Crippen LogP contribution in [0.3, 0.4) is 0 Å². The molecule has 5 N–H and O–H groups in total. The number of fused-ring (bicyclic) bond motifs is 3. The molecule has 41 heavy (non-hydrogen) atoms. The number of hydrazine groups is 2. The van der Waals surface area contributed by atoms with Gasteiger partial charge in [0.2, 0.25) is 0 Å². The van der Waals surface area contributed by atoms with Crippen molar-refractivity contribution in [1.82, 2.24) is 5.12 Å². The van der Waals surface area contributed by atoms with E-state index in [-0.39, 0.29) is 36.3 Å². The molecule has 0 heterocycles. The molecular weight excluding hydrogens is 522 g/mol. The summed E-state index contributed by atoms with van der Waals surface area (Å²) in [5.41, 5.74) is 6.38. The highest BCUT2D eigenvalue weighted by Gasteiger charge is 2.29. The van der Waals surface area contributed by atoms with Crippen LogP contribution in [-0.4, -0.2) is 34.2 Å². The van der Waals surface area contributed by atoms with E-state index < -0.39 is 23.9 Å². The Kier molecular flexibility index (Phi) is 8.21. The number of esters is 2. The topological polar surface area (TPSA) is 145 Å². The molecular formula is C32H29N3O6. The third-order valence-electron chi connectivity index (χ3n) is 7.18. The second-order valence-electron chi connectivity index (χ2n) is 9.75. The van der Waals surface area contributed by atoms with E-state index in [1.807, 2.05) is 60.7 Å². The van der Waals surface area contributed by atoms with Crippen molar-refractivity contribution < 1.29 is 29.0 Å². The van der Waals surface area contributed by atoms with Crippen LogP contribution < -0.4 is 11.7 Å². The van der Waals surface area contributed by atoms with Crippen molar-refractivity contribution in [3.63, 3.8) is 0 Å². The van der Waals surface area contributed by atoms with E-state index in [2.05, 4.69) is 12.1 Å². The molecule has 0 bridgehead atoms. The number of rotatable bonds is 10. The Morgan fingerprint density at radius 1 is 0.756 bits per heavy atom. The fourth-order valence-electron chi connectivity index (χ4n) is 5.08. The molecule has 0 aliphatic heterocycles. The minimum absolute atomic E-state index is 0.000375. The molecule has 1 aliphatic carbocycles. The first-order valence-corrected chi connectivity index (χ1v) is 13.0. The Labute approximate surface area is 236 Å². The average Bonchev–Trinajstić information content (AvgIpc) is 3.37. The predicted octanol–water partition coefficient (Wildman–Crippen LogP) is 4.02. The molecule has 0 unspecified atom stereocenters. The Morgan fingerprint density at radius 2 is 1.37 bits per heavy atom.